The molecule has 1 amide bonds. The van der Waals surface area contributed by atoms with E-state index in [-0.39, 0.29) is 6.09 Å². The minimum atomic E-state index is -0.925. The van der Waals surface area contributed by atoms with Crippen molar-refractivity contribution in [2.75, 3.05) is 13.1 Å². The number of amides is 1. The molecule has 0 aliphatic carbocycles. The number of nitrogens with zero attached hydrogens (tertiary/aromatic N) is 3. The van der Waals surface area contributed by atoms with E-state index in [2.05, 4.69) is 5.10 Å². The molecule has 2 heterocycles. The van der Waals surface area contributed by atoms with Gasteiger partial charge in [-0.2, -0.15) is 5.10 Å². The Hall–Kier alpha value is -1.54. The smallest absolute Gasteiger partial charge is 0.410 e. The maximum atomic E-state index is 12.2. The van der Waals surface area contributed by atoms with Gasteiger partial charge in [-0.1, -0.05) is 0 Å². The van der Waals surface area contributed by atoms with Crippen molar-refractivity contribution in [1.82, 2.24) is 14.7 Å². The zero-order valence-electron chi connectivity index (χ0n) is 18.5. The van der Waals surface area contributed by atoms with Crippen LogP contribution in [0.2, 0.25) is 0 Å². The van der Waals surface area contributed by atoms with E-state index >= 15 is 0 Å². The molecule has 158 valence electrons. The molecule has 0 bridgehead atoms. The standard InChI is InChI=1S/C20H36BN3O4/c1-18(2,3)27-17(25)23-10-8-15(9-11-23)13-24-14-16(12-22-24)21-28-20(6,7)19(4,5)26/h12,14-15,21,26H,8-11,13H2,1-7H3. The number of rotatable bonds is 6. The number of ether oxygens (including phenoxy) is 1. The highest BCUT2D eigenvalue weighted by Gasteiger charge is 2.35. The topological polar surface area (TPSA) is 76.8 Å². The van der Waals surface area contributed by atoms with E-state index < -0.39 is 16.8 Å². The van der Waals surface area contributed by atoms with Gasteiger partial charge in [-0.05, 0) is 72.7 Å². The van der Waals surface area contributed by atoms with Crippen molar-refractivity contribution in [3.8, 4) is 0 Å². The zero-order valence-corrected chi connectivity index (χ0v) is 18.5. The summed E-state index contributed by atoms with van der Waals surface area (Å²) in [5.74, 6) is 0.486. The molecular weight excluding hydrogens is 357 g/mol. The Balaban J connectivity index is 1.80. The molecule has 0 radical (unpaired) electrons. The molecule has 0 aromatic carbocycles. The maximum absolute atomic E-state index is 12.2. The third-order valence-electron chi connectivity index (χ3n) is 5.47. The first kappa shape index (κ1) is 22.8. The summed E-state index contributed by atoms with van der Waals surface area (Å²) in [5, 5.41) is 14.6. The average molecular weight is 393 g/mol. The van der Waals surface area contributed by atoms with Gasteiger partial charge in [-0.25, -0.2) is 4.79 Å². The predicted octanol–water partition coefficient (Wildman–Crippen LogP) is 2.07. The van der Waals surface area contributed by atoms with Crippen LogP contribution in [0.3, 0.4) is 0 Å². The van der Waals surface area contributed by atoms with Gasteiger partial charge in [-0.15, -0.1) is 0 Å². The van der Waals surface area contributed by atoms with Gasteiger partial charge in [-0.3, -0.25) is 4.68 Å². The quantitative estimate of drug-likeness (QED) is 0.749. The lowest BCUT2D eigenvalue weighted by Crippen LogP contribution is -2.49. The number of hydrogen-bond donors (Lipinski definition) is 1. The van der Waals surface area contributed by atoms with Crippen molar-refractivity contribution in [1.29, 1.82) is 0 Å². The average Bonchev–Trinajstić information content (AvgIpc) is 2.98. The molecule has 7 nitrogen and oxygen atoms in total. The van der Waals surface area contributed by atoms with E-state index in [4.69, 9.17) is 9.39 Å². The molecule has 1 aliphatic heterocycles. The molecule has 8 heteroatoms. The van der Waals surface area contributed by atoms with E-state index in [0.717, 1.165) is 37.9 Å². The maximum Gasteiger partial charge on any atom is 0.410 e. The first-order valence-electron chi connectivity index (χ1n) is 10.1. The summed E-state index contributed by atoms with van der Waals surface area (Å²) in [7, 11) is 0.411. The normalized spacial score (nSPS) is 16.9. The first-order chi connectivity index (χ1) is 12.8. The summed E-state index contributed by atoms with van der Waals surface area (Å²) in [6.45, 7) is 15.2. The lowest BCUT2D eigenvalue weighted by atomic mass is 9.84. The molecule has 1 saturated heterocycles. The molecule has 0 spiro atoms. The minimum absolute atomic E-state index is 0.223. The Morgan fingerprint density at radius 3 is 2.36 bits per heavy atom. The van der Waals surface area contributed by atoms with Crippen molar-refractivity contribution in [2.24, 2.45) is 5.92 Å². The summed E-state index contributed by atoms with van der Waals surface area (Å²) in [5.41, 5.74) is -1.04. The van der Waals surface area contributed by atoms with E-state index in [1.54, 1.807) is 18.7 Å². The van der Waals surface area contributed by atoms with Gasteiger partial charge in [0.2, 0.25) is 0 Å². The molecule has 0 saturated carbocycles. The molecular formula is C20H36BN3O4. The van der Waals surface area contributed by atoms with Crippen molar-refractivity contribution in [2.45, 2.75) is 84.7 Å². The largest absolute Gasteiger partial charge is 0.444 e. The lowest BCUT2D eigenvalue weighted by Gasteiger charge is -2.37. The van der Waals surface area contributed by atoms with Crippen LogP contribution in [0.4, 0.5) is 4.79 Å². The molecule has 0 atom stereocenters. The van der Waals surface area contributed by atoms with E-state index in [0.29, 0.717) is 13.4 Å². The second-order valence-corrected chi connectivity index (χ2v) is 9.84. The van der Waals surface area contributed by atoms with E-state index in [1.165, 1.54) is 0 Å². The number of aliphatic hydroxyl groups is 1. The number of aromatic nitrogens is 2. The molecule has 2 rings (SSSR count). The zero-order chi connectivity index (χ0) is 21.2. The van der Waals surface area contributed by atoms with Crippen molar-refractivity contribution < 1.29 is 19.3 Å². The molecule has 1 aromatic rings. The van der Waals surface area contributed by atoms with E-state index in [1.807, 2.05) is 51.7 Å². The Labute approximate surface area is 169 Å². The number of carbonyl (C=O) groups excluding carboxylic acids is 1. The van der Waals surface area contributed by atoms with Gasteiger partial charge in [0.25, 0.3) is 0 Å². The number of likely N-dealkylation sites (tertiary alicyclic amines) is 1. The number of piperidine rings is 1. The van der Waals surface area contributed by atoms with Crippen molar-refractivity contribution >= 4 is 19.0 Å². The SMILES string of the molecule is CC(C)(C)OC(=O)N1CCC(Cn2cc(BOC(C)(C)C(C)(C)O)cn2)CC1. The van der Waals surface area contributed by atoms with Crippen LogP contribution in [0.5, 0.6) is 0 Å². The summed E-state index contributed by atoms with van der Waals surface area (Å²) >= 11 is 0. The van der Waals surface area contributed by atoms with Gasteiger partial charge < -0.3 is 19.4 Å². The molecule has 0 unspecified atom stereocenters. The van der Waals surface area contributed by atoms with Crippen LogP contribution >= 0.6 is 0 Å². The van der Waals surface area contributed by atoms with Gasteiger partial charge in [0.15, 0.2) is 0 Å². The summed E-state index contributed by atoms with van der Waals surface area (Å²) in [4.78, 5) is 14.0. The summed E-state index contributed by atoms with van der Waals surface area (Å²) < 4.78 is 13.3. The van der Waals surface area contributed by atoms with Crippen LogP contribution in [-0.2, 0) is 15.9 Å². The second-order valence-electron chi connectivity index (χ2n) is 9.84. The fraction of sp³-hybridized carbons (Fsp3) is 0.800. The van der Waals surface area contributed by atoms with Gasteiger partial charge in [0.1, 0.15) is 5.60 Å². The van der Waals surface area contributed by atoms with Crippen LogP contribution in [0, 0.1) is 5.92 Å². The monoisotopic (exact) mass is 393 g/mol. The van der Waals surface area contributed by atoms with Crippen molar-refractivity contribution in [3.63, 3.8) is 0 Å². The van der Waals surface area contributed by atoms with Gasteiger partial charge in [0.05, 0.1) is 11.2 Å². The number of hydrogen-bond acceptors (Lipinski definition) is 5. The fourth-order valence-corrected chi connectivity index (χ4v) is 2.91. The lowest BCUT2D eigenvalue weighted by molar-refractivity contribution is -0.0893. The highest BCUT2D eigenvalue weighted by molar-refractivity contribution is 6.46. The number of carbonyl (C=O) groups is 1. The highest BCUT2D eigenvalue weighted by Crippen LogP contribution is 2.24. The van der Waals surface area contributed by atoms with Gasteiger partial charge >= 0.3 is 13.6 Å². The minimum Gasteiger partial charge on any atom is -0.444 e. The van der Waals surface area contributed by atoms with Gasteiger partial charge in [0, 0.05) is 32.0 Å². The molecule has 28 heavy (non-hydrogen) atoms. The summed E-state index contributed by atoms with van der Waals surface area (Å²) in [6, 6.07) is 0. The summed E-state index contributed by atoms with van der Waals surface area (Å²) in [6.07, 6.45) is 5.48. The predicted molar refractivity (Wildman–Crippen MR) is 111 cm³/mol. The molecule has 1 fully saturated rings. The van der Waals surface area contributed by atoms with Crippen LogP contribution in [0.1, 0.15) is 61.3 Å². The Morgan fingerprint density at radius 1 is 1.21 bits per heavy atom. The van der Waals surface area contributed by atoms with Crippen molar-refractivity contribution in [3.05, 3.63) is 12.4 Å². The molecule has 1 aromatic heterocycles. The fourth-order valence-electron chi connectivity index (χ4n) is 2.91. The van der Waals surface area contributed by atoms with E-state index in [9.17, 15) is 9.90 Å². The van der Waals surface area contributed by atoms with Crippen LogP contribution in [-0.4, -0.2) is 63.3 Å². The third kappa shape index (κ3) is 6.52. The molecule has 1 aliphatic rings. The van der Waals surface area contributed by atoms with Crippen LogP contribution in [0.15, 0.2) is 12.4 Å². The Morgan fingerprint density at radius 2 is 1.82 bits per heavy atom. The third-order valence-corrected chi connectivity index (χ3v) is 5.47. The molecule has 1 N–H and O–H groups in total. The second kappa shape index (κ2) is 8.45. The van der Waals surface area contributed by atoms with Crippen LogP contribution in [0.25, 0.3) is 0 Å². The Kier molecular flexibility index (Phi) is 6.87. The van der Waals surface area contributed by atoms with Crippen LogP contribution < -0.4 is 5.46 Å². The first-order valence-corrected chi connectivity index (χ1v) is 10.1. The highest BCUT2D eigenvalue weighted by atomic mass is 16.6. The Bertz CT molecular complexity index is 653.